The van der Waals surface area contributed by atoms with E-state index in [2.05, 4.69) is 42.5 Å². The van der Waals surface area contributed by atoms with E-state index < -0.39 is 5.97 Å². The Morgan fingerprint density at radius 1 is 1.14 bits per heavy atom. The fourth-order valence-corrected chi connectivity index (χ4v) is 3.55. The van der Waals surface area contributed by atoms with Crippen LogP contribution >= 0.6 is 0 Å². The van der Waals surface area contributed by atoms with Crippen molar-refractivity contribution in [2.24, 2.45) is 5.92 Å². The minimum atomic E-state index is -0.723. The van der Waals surface area contributed by atoms with Crippen LogP contribution < -0.4 is 0 Å². The zero-order valence-corrected chi connectivity index (χ0v) is 13.0. The molecule has 1 aliphatic carbocycles. The average Bonchev–Trinajstić information content (AvgIpc) is 2.55. The highest BCUT2D eigenvalue weighted by atomic mass is 16.4. The molecule has 2 nitrogen and oxygen atoms in total. The maximum absolute atomic E-state index is 11.2. The largest absolute Gasteiger partial charge is 0.481 e. The lowest BCUT2D eigenvalue weighted by Crippen LogP contribution is -2.16. The van der Waals surface area contributed by atoms with E-state index in [1.54, 1.807) is 6.92 Å². The van der Waals surface area contributed by atoms with E-state index in [1.165, 1.54) is 28.7 Å². The Morgan fingerprint density at radius 3 is 2.59 bits per heavy atom. The molecule has 0 amide bonds. The van der Waals surface area contributed by atoms with Crippen LogP contribution in [0, 0.1) is 5.92 Å². The maximum atomic E-state index is 11.2. The summed E-state index contributed by atoms with van der Waals surface area (Å²) in [5.74, 6) is -0.666. The summed E-state index contributed by atoms with van der Waals surface area (Å²) in [4.78, 5) is 11.2. The summed E-state index contributed by atoms with van der Waals surface area (Å²) in [6.07, 6.45) is 4.10. The van der Waals surface area contributed by atoms with E-state index in [-0.39, 0.29) is 5.92 Å². The molecule has 2 unspecified atom stereocenters. The third-order valence-electron chi connectivity index (χ3n) is 4.75. The Labute approximate surface area is 131 Å². The fourth-order valence-electron chi connectivity index (χ4n) is 3.55. The van der Waals surface area contributed by atoms with E-state index >= 15 is 0 Å². The van der Waals surface area contributed by atoms with Crippen LogP contribution in [-0.2, 0) is 17.6 Å². The molecule has 0 aliphatic heterocycles. The van der Waals surface area contributed by atoms with Gasteiger partial charge < -0.3 is 5.11 Å². The van der Waals surface area contributed by atoms with E-state index in [1.807, 2.05) is 6.07 Å². The van der Waals surface area contributed by atoms with Gasteiger partial charge in [0.1, 0.15) is 0 Å². The van der Waals surface area contributed by atoms with Crippen LogP contribution in [0.25, 0.3) is 0 Å². The highest BCUT2D eigenvalue weighted by Gasteiger charge is 2.24. The summed E-state index contributed by atoms with van der Waals surface area (Å²) >= 11 is 0. The van der Waals surface area contributed by atoms with Crippen LogP contribution in [-0.4, -0.2) is 11.1 Å². The van der Waals surface area contributed by atoms with Crippen molar-refractivity contribution in [3.8, 4) is 0 Å². The Bertz CT molecular complexity index is 675. The minimum absolute atomic E-state index is 0.347. The normalized spacial score (nSPS) is 18.5. The summed E-state index contributed by atoms with van der Waals surface area (Å²) in [5, 5.41) is 9.20. The van der Waals surface area contributed by atoms with E-state index in [0.717, 1.165) is 12.8 Å². The molecular weight excluding hydrogens is 272 g/mol. The Balaban J connectivity index is 1.98. The van der Waals surface area contributed by atoms with Crippen molar-refractivity contribution in [3.63, 3.8) is 0 Å². The lowest BCUT2D eigenvalue weighted by Gasteiger charge is -2.28. The van der Waals surface area contributed by atoms with E-state index in [9.17, 15) is 9.90 Å². The molecule has 1 N–H and O–H groups in total. The number of benzene rings is 2. The molecule has 0 radical (unpaired) electrons. The van der Waals surface area contributed by atoms with Gasteiger partial charge in [-0.2, -0.15) is 0 Å². The minimum Gasteiger partial charge on any atom is -0.481 e. The zero-order valence-electron chi connectivity index (χ0n) is 13.0. The third kappa shape index (κ3) is 2.92. The number of aliphatic carboxylic acids is 1. The summed E-state index contributed by atoms with van der Waals surface area (Å²) in [6.45, 7) is 1.79. The van der Waals surface area contributed by atoms with Gasteiger partial charge >= 0.3 is 5.97 Å². The van der Waals surface area contributed by atoms with Crippen molar-refractivity contribution in [1.29, 1.82) is 0 Å². The molecule has 1 aliphatic rings. The molecule has 0 saturated heterocycles. The highest BCUT2D eigenvalue weighted by molar-refractivity contribution is 5.70. The smallest absolute Gasteiger partial charge is 0.306 e. The fraction of sp³-hybridized carbons (Fsp3) is 0.350. The molecule has 2 heteroatoms. The zero-order chi connectivity index (χ0) is 15.5. The maximum Gasteiger partial charge on any atom is 0.306 e. The summed E-state index contributed by atoms with van der Waals surface area (Å²) in [5.41, 5.74) is 5.35. The van der Waals surface area contributed by atoms with Crippen LogP contribution in [0.4, 0.5) is 0 Å². The first-order valence-electron chi connectivity index (χ1n) is 8.05. The van der Waals surface area contributed by atoms with Gasteiger partial charge in [0.25, 0.3) is 0 Å². The van der Waals surface area contributed by atoms with Crippen molar-refractivity contribution < 1.29 is 9.90 Å². The quantitative estimate of drug-likeness (QED) is 0.906. The molecule has 2 aromatic rings. The standard InChI is InChI=1S/C20H22O2/c1-14(20(21)22)13-16-8-3-5-11-18(16)19-12-6-9-15-7-2-4-10-17(15)19/h2-5,7-8,10-11,14,19H,6,9,12-13H2,1H3,(H,21,22). The Kier molecular flexibility index (Phi) is 4.28. The molecule has 0 aromatic heterocycles. The van der Waals surface area contributed by atoms with Crippen molar-refractivity contribution in [2.75, 3.05) is 0 Å². The Morgan fingerprint density at radius 2 is 1.82 bits per heavy atom. The van der Waals surface area contributed by atoms with Crippen molar-refractivity contribution in [3.05, 3.63) is 70.8 Å². The van der Waals surface area contributed by atoms with Gasteiger partial charge in [0.15, 0.2) is 0 Å². The van der Waals surface area contributed by atoms with E-state index in [4.69, 9.17) is 0 Å². The first-order valence-corrected chi connectivity index (χ1v) is 8.05. The molecule has 2 atom stereocenters. The summed E-state index contributed by atoms with van der Waals surface area (Å²) in [7, 11) is 0. The van der Waals surface area contributed by atoms with Gasteiger partial charge in [-0.15, -0.1) is 0 Å². The van der Waals surface area contributed by atoms with E-state index in [0.29, 0.717) is 12.3 Å². The first kappa shape index (κ1) is 14.8. The van der Waals surface area contributed by atoms with Gasteiger partial charge in [0.2, 0.25) is 0 Å². The first-order chi connectivity index (χ1) is 10.7. The number of rotatable bonds is 4. The number of carbonyl (C=O) groups is 1. The van der Waals surface area contributed by atoms with Gasteiger partial charge in [-0.25, -0.2) is 0 Å². The number of hydrogen-bond donors (Lipinski definition) is 1. The number of hydrogen-bond acceptors (Lipinski definition) is 1. The topological polar surface area (TPSA) is 37.3 Å². The predicted molar refractivity (Wildman–Crippen MR) is 88.2 cm³/mol. The molecule has 22 heavy (non-hydrogen) atoms. The van der Waals surface area contributed by atoms with Gasteiger partial charge in [0, 0.05) is 5.92 Å². The monoisotopic (exact) mass is 294 g/mol. The van der Waals surface area contributed by atoms with Gasteiger partial charge in [-0.05, 0) is 47.9 Å². The molecule has 0 spiro atoms. The second-order valence-electron chi connectivity index (χ2n) is 6.29. The third-order valence-corrected chi connectivity index (χ3v) is 4.75. The van der Waals surface area contributed by atoms with Gasteiger partial charge in [-0.1, -0.05) is 55.5 Å². The lowest BCUT2D eigenvalue weighted by atomic mass is 9.77. The molecule has 2 aromatic carbocycles. The number of fused-ring (bicyclic) bond motifs is 1. The van der Waals surface area contributed by atoms with Crippen LogP contribution in [0.2, 0.25) is 0 Å². The molecule has 3 rings (SSSR count). The number of aryl methyl sites for hydroxylation is 1. The van der Waals surface area contributed by atoms with Crippen LogP contribution in [0.1, 0.15) is 47.9 Å². The van der Waals surface area contributed by atoms with Crippen molar-refractivity contribution in [1.82, 2.24) is 0 Å². The van der Waals surface area contributed by atoms with Crippen LogP contribution in [0.15, 0.2) is 48.5 Å². The second kappa shape index (κ2) is 6.35. The van der Waals surface area contributed by atoms with Crippen LogP contribution in [0.3, 0.4) is 0 Å². The number of carboxylic acid groups (broad SMARTS) is 1. The Hall–Kier alpha value is -2.09. The predicted octanol–water partition coefficient (Wildman–Crippen LogP) is 4.42. The van der Waals surface area contributed by atoms with Crippen LogP contribution in [0.5, 0.6) is 0 Å². The molecule has 0 heterocycles. The summed E-state index contributed by atoms with van der Waals surface area (Å²) in [6, 6.07) is 17.0. The molecule has 0 fully saturated rings. The molecule has 0 saturated carbocycles. The van der Waals surface area contributed by atoms with Crippen molar-refractivity contribution >= 4 is 5.97 Å². The second-order valence-corrected chi connectivity index (χ2v) is 6.29. The van der Waals surface area contributed by atoms with Gasteiger partial charge in [-0.3, -0.25) is 4.79 Å². The molecular formula is C20H22O2. The lowest BCUT2D eigenvalue weighted by molar-refractivity contribution is -0.141. The highest BCUT2D eigenvalue weighted by Crippen LogP contribution is 2.38. The van der Waals surface area contributed by atoms with Gasteiger partial charge in [0.05, 0.1) is 5.92 Å². The number of carboxylic acids is 1. The molecule has 0 bridgehead atoms. The van der Waals surface area contributed by atoms with Crippen molar-refractivity contribution in [2.45, 2.75) is 38.5 Å². The molecule has 114 valence electrons. The summed E-state index contributed by atoms with van der Waals surface area (Å²) < 4.78 is 0. The SMILES string of the molecule is CC(Cc1ccccc1C1CCCc2ccccc21)C(=O)O. The average molecular weight is 294 g/mol.